The zero-order chi connectivity index (χ0) is 8.47. The smallest absolute Gasteiger partial charge is 0.00114 e. The van der Waals surface area contributed by atoms with Crippen LogP contribution < -0.4 is 5.32 Å². The number of rotatable bonds is 0. The van der Waals surface area contributed by atoms with Gasteiger partial charge in [-0.05, 0) is 67.7 Å². The minimum absolute atomic E-state index is 0.800. The molecule has 1 spiro atoms. The van der Waals surface area contributed by atoms with Crippen LogP contribution in [-0.4, -0.2) is 13.1 Å². The summed E-state index contributed by atoms with van der Waals surface area (Å²) in [6.07, 6.45) is 7.93. The van der Waals surface area contributed by atoms with Crippen molar-refractivity contribution < 1.29 is 0 Å². The Morgan fingerprint density at radius 1 is 1.00 bits per heavy atom. The molecule has 4 bridgehead atoms. The Morgan fingerprint density at radius 2 is 1.77 bits per heavy atom. The van der Waals surface area contributed by atoms with Crippen molar-refractivity contribution in [3.8, 4) is 0 Å². The summed E-state index contributed by atoms with van der Waals surface area (Å²) in [7, 11) is 0. The molecule has 5 fully saturated rings. The van der Waals surface area contributed by atoms with Crippen LogP contribution in [0.2, 0.25) is 0 Å². The van der Waals surface area contributed by atoms with Crippen molar-refractivity contribution in [1.82, 2.24) is 5.32 Å². The van der Waals surface area contributed by atoms with Crippen LogP contribution in [0.5, 0.6) is 0 Å². The third-order valence-corrected chi connectivity index (χ3v) is 5.53. The highest BCUT2D eigenvalue weighted by Gasteiger charge is 2.58. The molecule has 1 nitrogen and oxygen atoms in total. The van der Waals surface area contributed by atoms with Gasteiger partial charge < -0.3 is 5.32 Å². The first-order chi connectivity index (χ1) is 6.36. The molecule has 1 N–H and O–H groups in total. The molecule has 0 radical (unpaired) electrons. The fourth-order valence-electron chi connectivity index (χ4n) is 5.45. The Morgan fingerprint density at radius 3 is 2.54 bits per heavy atom. The Balaban J connectivity index is 1.80. The van der Waals surface area contributed by atoms with Gasteiger partial charge in [-0.25, -0.2) is 0 Å². The van der Waals surface area contributed by atoms with E-state index in [9.17, 15) is 0 Å². The van der Waals surface area contributed by atoms with Gasteiger partial charge in [-0.1, -0.05) is 0 Å². The molecule has 1 heteroatoms. The third kappa shape index (κ3) is 0.782. The maximum absolute atomic E-state index is 3.67. The molecule has 5 aliphatic rings. The first-order valence-corrected chi connectivity index (χ1v) is 6.06. The van der Waals surface area contributed by atoms with Crippen LogP contribution in [0.15, 0.2) is 0 Å². The van der Waals surface area contributed by atoms with E-state index in [1.165, 1.54) is 13.1 Å². The first kappa shape index (κ1) is 7.28. The van der Waals surface area contributed by atoms with Crippen molar-refractivity contribution in [3.63, 3.8) is 0 Å². The van der Waals surface area contributed by atoms with Crippen molar-refractivity contribution in [2.24, 2.45) is 29.1 Å². The zero-order valence-electron chi connectivity index (χ0n) is 8.26. The second-order valence-electron chi connectivity index (χ2n) is 6.21. The van der Waals surface area contributed by atoms with Crippen LogP contribution in [0.4, 0.5) is 0 Å². The summed E-state index contributed by atoms with van der Waals surface area (Å²) in [4.78, 5) is 0. The highest BCUT2D eigenvalue weighted by Crippen LogP contribution is 2.63. The molecule has 0 aromatic rings. The van der Waals surface area contributed by atoms with E-state index in [4.69, 9.17) is 0 Å². The molecular weight excluding hydrogens is 158 g/mol. The first-order valence-electron chi connectivity index (χ1n) is 6.06. The van der Waals surface area contributed by atoms with Crippen molar-refractivity contribution in [2.45, 2.75) is 32.1 Å². The molecule has 0 aromatic heterocycles. The summed E-state index contributed by atoms with van der Waals surface area (Å²) in [6, 6.07) is 0. The van der Waals surface area contributed by atoms with E-state index in [-0.39, 0.29) is 0 Å². The second-order valence-corrected chi connectivity index (χ2v) is 6.21. The van der Waals surface area contributed by atoms with Gasteiger partial charge in [0.05, 0.1) is 0 Å². The number of hydrogen-bond donors (Lipinski definition) is 1. The fraction of sp³-hybridized carbons (Fsp3) is 1.00. The van der Waals surface area contributed by atoms with Crippen molar-refractivity contribution in [2.75, 3.05) is 13.1 Å². The van der Waals surface area contributed by atoms with Crippen LogP contribution in [0.3, 0.4) is 0 Å². The zero-order valence-corrected chi connectivity index (χ0v) is 8.26. The molecular formula is C12H19N. The topological polar surface area (TPSA) is 12.0 Å². The molecule has 72 valence electrons. The monoisotopic (exact) mass is 177 g/mol. The van der Waals surface area contributed by atoms with Gasteiger partial charge in [-0.15, -0.1) is 0 Å². The van der Waals surface area contributed by atoms with E-state index in [0.29, 0.717) is 0 Å². The van der Waals surface area contributed by atoms with Gasteiger partial charge in [0.25, 0.3) is 0 Å². The minimum atomic E-state index is 0.800. The standard InChI is InChI=1S/C12H19N/c1-8-2-10-3-9(1)5-12(4-8)7-13-6-11(10)12/h8-11,13H,1-7H2/t8-,9+,10?,11?,12?. The Labute approximate surface area is 80.3 Å². The van der Waals surface area contributed by atoms with E-state index in [0.717, 1.165) is 29.1 Å². The number of hydrogen-bond acceptors (Lipinski definition) is 1. The van der Waals surface area contributed by atoms with Gasteiger partial charge in [-0.2, -0.15) is 0 Å². The van der Waals surface area contributed by atoms with Crippen LogP contribution in [-0.2, 0) is 0 Å². The molecule has 3 unspecified atom stereocenters. The second kappa shape index (κ2) is 2.13. The van der Waals surface area contributed by atoms with Crippen LogP contribution >= 0.6 is 0 Å². The van der Waals surface area contributed by atoms with E-state index in [1.54, 1.807) is 32.1 Å². The molecule has 1 saturated heterocycles. The summed E-state index contributed by atoms with van der Waals surface area (Å²) >= 11 is 0. The third-order valence-electron chi connectivity index (χ3n) is 5.53. The van der Waals surface area contributed by atoms with Gasteiger partial charge in [-0.3, -0.25) is 0 Å². The predicted octanol–water partition coefficient (Wildman–Crippen LogP) is 2.03. The average Bonchev–Trinajstić information content (AvgIpc) is 2.46. The molecule has 13 heavy (non-hydrogen) atoms. The normalized spacial score (nSPS) is 62.8. The summed E-state index contributed by atoms with van der Waals surface area (Å²) in [5.41, 5.74) is 0.800. The minimum Gasteiger partial charge on any atom is -0.316 e. The van der Waals surface area contributed by atoms with Gasteiger partial charge in [0.15, 0.2) is 0 Å². The lowest BCUT2D eigenvalue weighted by Gasteiger charge is -2.58. The molecule has 0 aromatic carbocycles. The van der Waals surface area contributed by atoms with Gasteiger partial charge in [0.2, 0.25) is 0 Å². The molecule has 1 heterocycles. The van der Waals surface area contributed by atoms with E-state index < -0.39 is 0 Å². The fourth-order valence-corrected chi connectivity index (χ4v) is 5.45. The van der Waals surface area contributed by atoms with E-state index in [2.05, 4.69) is 5.32 Å². The Kier molecular flexibility index (Phi) is 1.19. The number of nitrogens with one attached hydrogen (secondary N) is 1. The largest absolute Gasteiger partial charge is 0.316 e. The van der Waals surface area contributed by atoms with Gasteiger partial charge >= 0.3 is 0 Å². The predicted molar refractivity (Wildman–Crippen MR) is 52.3 cm³/mol. The highest BCUT2D eigenvalue weighted by atomic mass is 15.0. The van der Waals surface area contributed by atoms with Gasteiger partial charge in [0, 0.05) is 6.54 Å². The Hall–Kier alpha value is -0.0400. The molecule has 4 aliphatic carbocycles. The SMILES string of the molecule is C1NCC23C[C@@H]4CC(C[C@@H](C4)C2)C13. The maximum atomic E-state index is 3.67. The van der Waals surface area contributed by atoms with Crippen molar-refractivity contribution >= 4 is 0 Å². The average molecular weight is 177 g/mol. The van der Waals surface area contributed by atoms with Crippen molar-refractivity contribution in [1.29, 1.82) is 0 Å². The van der Waals surface area contributed by atoms with Crippen LogP contribution in [0.25, 0.3) is 0 Å². The van der Waals surface area contributed by atoms with Crippen LogP contribution in [0, 0.1) is 29.1 Å². The molecule has 4 saturated carbocycles. The quantitative estimate of drug-likeness (QED) is 0.597. The van der Waals surface area contributed by atoms with Gasteiger partial charge in [0.1, 0.15) is 0 Å². The molecule has 0 amide bonds. The summed E-state index contributed by atoms with van der Waals surface area (Å²) in [5, 5.41) is 3.67. The lowest BCUT2D eigenvalue weighted by atomic mass is 9.46. The maximum Gasteiger partial charge on any atom is 0.00114 e. The van der Waals surface area contributed by atoms with Crippen LogP contribution in [0.1, 0.15) is 32.1 Å². The summed E-state index contributed by atoms with van der Waals surface area (Å²) in [5.74, 6) is 4.48. The van der Waals surface area contributed by atoms with E-state index >= 15 is 0 Å². The highest BCUT2D eigenvalue weighted by molar-refractivity contribution is 5.10. The van der Waals surface area contributed by atoms with E-state index in [1.807, 2.05) is 0 Å². The lowest BCUT2D eigenvalue weighted by molar-refractivity contribution is -0.0804. The Bertz CT molecular complexity index is 234. The lowest BCUT2D eigenvalue weighted by Crippen LogP contribution is -2.52. The molecule has 1 aliphatic heterocycles. The summed E-state index contributed by atoms with van der Waals surface area (Å²) < 4.78 is 0. The molecule has 5 atom stereocenters. The van der Waals surface area contributed by atoms with Crippen molar-refractivity contribution in [3.05, 3.63) is 0 Å². The molecule has 5 rings (SSSR count). The summed E-state index contributed by atoms with van der Waals surface area (Å²) in [6.45, 7) is 2.71.